The topological polar surface area (TPSA) is 79.3 Å². The first kappa shape index (κ1) is 15.8. The average Bonchev–Trinajstić information content (AvgIpc) is 2.58. The Hall–Kier alpha value is -0.210. The van der Waals surface area contributed by atoms with Crippen LogP contribution in [0.1, 0.15) is 32.4 Å². The molecule has 0 amide bonds. The molecule has 0 radical (unpaired) electrons. The molecule has 8 heteroatoms. The van der Waals surface area contributed by atoms with Crippen LogP contribution in [0.4, 0.5) is 0 Å². The largest absolute Gasteiger partial charge is 0.396 e. The molecular formula is C10H17ClN2O3S2. The van der Waals surface area contributed by atoms with Gasteiger partial charge in [-0.3, -0.25) is 0 Å². The zero-order valence-electron chi connectivity index (χ0n) is 10.5. The Morgan fingerprint density at radius 2 is 2.17 bits per heavy atom. The lowest BCUT2D eigenvalue weighted by Crippen LogP contribution is -2.45. The number of halogens is 1. The molecule has 1 heterocycles. The minimum absolute atomic E-state index is 0.0741. The molecule has 2 N–H and O–H groups in total. The molecular weight excluding hydrogens is 296 g/mol. The van der Waals surface area contributed by atoms with Crippen molar-refractivity contribution in [3.63, 3.8) is 0 Å². The second-order valence-corrected chi connectivity index (χ2v) is 7.79. The van der Waals surface area contributed by atoms with Crippen molar-refractivity contribution in [3.05, 3.63) is 10.2 Å². The fourth-order valence-corrected chi connectivity index (χ4v) is 4.76. The monoisotopic (exact) mass is 312 g/mol. The Labute approximate surface area is 116 Å². The zero-order valence-corrected chi connectivity index (χ0v) is 12.9. The van der Waals surface area contributed by atoms with E-state index in [2.05, 4.69) is 9.71 Å². The molecule has 1 aromatic rings. The number of aliphatic hydroxyl groups excluding tert-OH is 1. The van der Waals surface area contributed by atoms with Crippen molar-refractivity contribution < 1.29 is 13.5 Å². The van der Waals surface area contributed by atoms with Gasteiger partial charge in [0.15, 0.2) is 8.68 Å². The molecule has 0 fully saturated rings. The Morgan fingerprint density at radius 1 is 1.56 bits per heavy atom. The van der Waals surface area contributed by atoms with Crippen molar-refractivity contribution in [1.29, 1.82) is 0 Å². The quantitative estimate of drug-likeness (QED) is 0.841. The van der Waals surface area contributed by atoms with Gasteiger partial charge >= 0.3 is 0 Å². The van der Waals surface area contributed by atoms with Crippen LogP contribution in [0.2, 0.25) is 4.47 Å². The molecule has 0 aliphatic carbocycles. The van der Waals surface area contributed by atoms with Gasteiger partial charge in [0.1, 0.15) is 0 Å². The molecule has 1 rings (SSSR count). The Bertz CT molecular complexity index is 515. The summed E-state index contributed by atoms with van der Waals surface area (Å²) in [6.07, 6.45) is 0.937. The number of nitrogens with one attached hydrogen (secondary N) is 1. The number of thiazole rings is 1. The third-order valence-corrected chi connectivity index (χ3v) is 6.31. The number of hydrogen-bond acceptors (Lipinski definition) is 5. The van der Waals surface area contributed by atoms with Gasteiger partial charge < -0.3 is 5.11 Å². The molecule has 0 saturated heterocycles. The van der Waals surface area contributed by atoms with E-state index in [0.29, 0.717) is 18.5 Å². The maximum absolute atomic E-state index is 12.2. The Morgan fingerprint density at radius 3 is 2.56 bits per heavy atom. The summed E-state index contributed by atoms with van der Waals surface area (Å²) in [6, 6.07) is 0. The van der Waals surface area contributed by atoms with Crippen LogP contribution in [-0.4, -0.2) is 30.7 Å². The van der Waals surface area contributed by atoms with E-state index >= 15 is 0 Å². The number of rotatable bonds is 6. The molecule has 0 aliphatic rings. The second kappa shape index (κ2) is 5.83. The molecule has 0 aliphatic heterocycles. The summed E-state index contributed by atoms with van der Waals surface area (Å²) in [4.78, 5) is 3.89. The van der Waals surface area contributed by atoms with Gasteiger partial charge in [-0.25, -0.2) is 18.1 Å². The van der Waals surface area contributed by atoms with Crippen molar-refractivity contribution in [3.8, 4) is 0 Å². The molecule has 104 valence electrons. The number of aliphatic hydroxyl groups is 1. The summed E-state index contributed by atoms with van der Waals surface area (Å²) in [6.45, 7) is 5.16. The van der Waals surface area contributed by atoms with Gasteiger partial charge in [0.2, 0.25) is 0 Å². The summed E-state index contributed by atoms with van der Waals surface area (Å²) >= 11 is 6.65. The molecule has 1 atom stereocenters. The smallest absolute Gasteiger partial charge is 0.252 e. The van der Waals surface area contributed by atoms with Gasteiger partial charge in [-0.1, -0.05) is 29.9 Å². The SMILES string of the molecule is CCC(C)(CCO)NS(=O)(=O)c1sc(Cl)nc1C. The standard InChI is InChI=1S/C10H17ClN2O3S2/c1-4-10(3,5-6-14)13-18(15,16)8-7(2)12-9(11)17-8/h13-14H,4-6H2,1-3H3. The van der Waals surface area contributed by atoms with Gasteiger partial charge in [0, 0.05) is 12.1 Å². The van der Waals surface area contributed by atoms with Crippen molar-refractivity contribution in [2.75, 3.05) is 6.61 Å². The maximum Gasteiger partial charge on any atom is 0.252 e. The maximum atomic E-state index is 12.2. The first-order chi connectivity index (χ1) is 8.24. The molecule has 1 unspecified atom stereocenters. The minimum Gasteiger partial charge on any atom is -0.396 e. The van der Waals surface area contributed by atoms with E-state index in [1.165, 1.54) is 0 Å². The van der Waals surface area contributed by atoms with Crippen molar-refractivity contribution in [2.24, 2.45) is 0 Å². The lowest BCUT2D eigenvalue weighted by Gasteiger charge is -2.28. The van der Waals surface area contributed by atoms with Crippen LogP contribution in [0, 0.1) is 6.92 Å². The van der Waals surface area contributed by atoms with Gasteiger partial charge in [-0.05, 0) is 26.7 Å². The Balaban J connectivity index is 3.05. The summed E-state index contributed by atoms with van der Waals surface area (Å²) in [5.74, 6) is 0. The second-order valence-electron chi connectivity index (χ2n) is 4.33. The molecule has 18 heavy (non-hydrogen) atoms. The number of aryl methyl sites for hydroxylation is 1. The van der Waals surface area contributed by atoms with Crippen LogP contribution in [0.5, 0.6) is 0 Å². The fraction of sp³-hybridized carbons (Fsp3) is 0.700. The van der Waals surface area contributed by atoms with Crippen molar-refractivity contribution >= 4 is 33.0 Å². The van der Waals surface area contributed by atoms with E-state index in [9.17, 15) is 8.42 Å². The molecule has 5 nitrogen and oxygen atoms in total. The highest BCUT2D eigenvalue weighted by molar-refractivity contribution is 7.91. The third-order valence-electron chi connectivity index (χ3n) is 2.80. The van der Waals surface area contributed by atoms with Crippen molar-refractivity contribution in [2.45, 2.75) is 43.4 Å². The van der Waals surface area contributed by atoms with E-state index in [4.69, 9.17) is 16.7 Å². The van der Waals surface area contributed by atoms with Crippen LogP contribution >= 0.6 is 22.9 Å². The molecule has 0 bridgehead atoms. The predicted molar refractivity (Wildman–Crippen MR) is 72.6 cm³/mol. The average molecular weight is 313 g/mol. The molecule has 1 aromatic heterocycles. The summed E-state index contributed by atoms with van der Waals surface area (Å²) in [5, 5.41) is 8.99. The fourth-order valence-electron chi connectivity index (χ4n) is 1.52. The predicted octanol–water partition coefficient (Wildman–Crippen LogP) is 1.93. The van der Waals surface area contributed by atoms with Gasteiger partial charge in [0.05, 0.1) is 5.69 Å². The van der Waals surface area contributed by atoms with Crippen LogP contribution in [0.25, 0.3) is 0 Å². The zero-order chi connectivity index (χ0) is 14.0. The highest BCUT2D eigenvalue weighted by Gasteiger charge is 2.31. The van der Waals surface area contributed by atoms with Crippen LogP contribution in [-0.2, 0) is 10.0 Å². The van der Waals surface area contributed by atoms with E-state index < -0.39 is 15.6 Å². The Kier molecular flexibility index (Phi) is 5.13. The van der Waals surface area contributed by atoms with E-state index in [-0.39, 0.29) is 15.3 Å². The van der Waals surface area contributed by atoms with Gasteiger partial charge in [-0.2, -0.15) is 0 Å². The lowest BCUT2D eigenvalue weighted by atomic mass is 9.97. The number of aromatic nitrogens is 1. The summed E-state index contributed by atoms with van der Waals surface area (Å²) in [5.41, 5.74) is -0.281. The normalized spacial score (nSPS) is 15.6. The third kappa shape index (κ3) is 3.64. The minimum atomic E-state index is -3.65. The number of nitrogens with zero attached hydrogens (tertiary/aromatic N) is 1. The van der Waals surface area contributed by atoms with E-state index in [0.717, 1.165) is 11.3 Å². The van der Waals surface area contributed by atoms with Gasteiger partial charge in [0.25, 0.3) is 10.0 Å². The highest BCUT2D eigenvalue weighted by Crippen LogP contribution is 2.28. The number of sulfonamides is 1. The molecule has 0 spiro atoms. The van der Waals surface area contributed by atoms with Crippen molar-refractivity contribution in [1.82, 2.24) is 9.71 Å². The van der Waals surface area contributed by atoms with Crippen LogP contribution < -0.4 is 4.72 Å². The van der Waals surface area contributed by atoms with E-state index in [1.807, 2.05) is 6.92 Å². The summed E-state index contributed by atoms with van der Waals surface area (Å²) < 4.78 is 27.4. The lowest BCUT2D eigenvalue weighted by molar-refractivity contribution is 0.233. The van der Waals surface area contributed by atoms with Crippen LogP contribution in [0.3, 0.4) is 0 Å². The first-order valence-corrected chi connectivity index (χ1v) is 8.19. The first-order valence-electron chi connectivity index (χ1n) is 5.52. The summed E-state index contributed by atoms with van der Waals surface area (Å²) in [7, 11) is -3.65. The molecule has 0 aromatic carbocycles. The molecule has 0 saturated carbocycles. The number of hydrogen-bond donors (Lipinski definition) is 2. The van der Waals surface area contributed by atoms with Gasteiger partial charge in [-0.15, -0.1) is 0 Å². The highest BCUT2D eigenvalue weighted by atomic mass is 35.5. The van der Waals surface area contributed by atoms with Crippen LogP contribution in [0.15, 0.2) is 4.21 Å². The van der Waals surface area contributed by atoms with E-state index in [1.54, 1.807) is 13.8 Å².